The smallest absolute Gasteiger partial charge is 0.0321 e. The predicted molar refractivity (Wildman–Crippen MR) is 82.7 cm³/mol. The van der Waals surface area contributed by atoms with Gasteiger partial charge in [-0.25, -0.2) is 0 Å². The monoisotopic (exact) mass is 252 g/mol. The molecule has 0 bridgehead atoms. The van der Waals surface area contributed by atoms with Crippen LogP contribution >= 0.6 is 0 Å². The summed E-state index contributed by atoms with van der Waals surface area (Å²) >= 11 is 0. The van der Waals surface area contributed by atoms with Crippen molar-refractivity contribution in [2.75, 3.05) is 0 Å². The van der Waals surface area contributed by atoms with Crippen LogP contribution in [0.15, 0.2) is 0 Å². The van der Waals surface area contributed by atoms with E-state index in [2.05, 4.69) is 48.5 Å². The van der Waals surface area contributed by atoms with E-state index in [0.717, 1.165) is 29.6 Å². The van der Waals surface area contributed by atoms with Gasteiger partial charge in [0.05, 0.1) is 0 Å². The van der Waals surface area contributed by atoms with Crippen LogP contribution in [0.2, 0.25) is 0 Å². The lowest BCUT2D eigenvalue weighted by Crippen LogP contribution is -2.36. The van der Waals surface area contributed by atoms with E-state index in [1.807, 2.05) is 0 Å². The summed E-state index contributed by atoms with van der Waals surface area (Å²) < 4.78 is 0. The molecule has 0 amide bonds. The maximum absolute atomic E-state index is 2.54. The molecule has 1 saturated carbocycles. The van der Waals surface area contributed by atoms with Crippen molar-refractivity contribution < 1.29 is 0 Å². The van der Waals surface area contributed by atoms with E-state index in [9.17, 15) is 0 Å². The summed E-state index contributed by atoms with van der Waals surface area (Å²) in [5.41, 5.74) is 0.532. The Morgan fingerprint density at radius 3 is 2.17 bits per heavy atom. The van der Waals surface area contributed by atoms with Gasteiger partial charge < -0.3 is 0 Å². The fraction of sp³-hybridized carbons (Fsp3) is 1.00. The summed E-state index contributed by atoms with van der Waals surface area (Å²) in [6.45, 7) is 17.2. The van der Waals surface area contributed by atoms with Gasteiger partial charge in [0.1, 0.15) is 0 Å². The highest BCUT2D eigenvalue weighted by molar-refractivity contribution is 4.88. The fourth-order valence-electron chi connectivity index (χ4n) is 4.50. The molecule has 0 nitrogen and oxygen atoms in total. The Morgan fingerprint density at radius 1 is 1.11 bits per heavy atom. The van der Waals surface area contributed by atoms with Crippen molar-refractivity contribution in [1.82, 2.24) is 0 Å². The van der Waals surface area contributed by atoms with Gasteiger partial charge in [0.25, 0.3) is 0 Å². The van der Waals surface area contributed by atoms with E-state index < -0.39 is 0 Å². The third kappa shape index (κ3) is 4.00. The van der Waals surface area contributed by atoms with Gasteiger partial charge in [0.2, 0.25) is 0 Å². The van der Waals surface area contributed by atoms with Gasteiger partial charge in [-0.05, 0) is 54.3 Å². The predicted octanol–water partition coefficient (Wildman–Crippen LogP) is 6.16. The van der Waals surface area contributed by atoms with E-state index in [-0.39, 0.29) is 0 Å². The van der Waals surface area contributed by atoms with Crippen LogP contribution in [0.25, 0.3) is 0 Å². The van der Waals surface area contributed by atoms with Gasteiger partial charge in [0, 0.05) is 0 Å². The zero-order chi connectivity index (χ0) is 13.9. The molecule has 1 aliphatic rings. The Kier molecular flexibility index (Phi) is 5.74. The van der Waals surface area contributed by atoms with Gasteiger partial charge in [0.15, 0.2) is 0 Å². The molecule has 0 N–H and O–H groups in total. The van der Waals surface area contributed by atoms with E-state index in [0.29, 0.717) is 5.41 Å². The molecule has 0 aliphatic heterocycles. The minimum atomic E-state index is 0.532. The van der Waals surface area contributed by atoms with Crippen molar-refractivity contribution in [3.05, 3.63) is 0 Å². The molecule has 1 aliphatic carbocycles. The third-order valence-electron chi connectivity index (χ3n) is 5.69. The second kappa shape index (κ2) is 6.44. The Labute approximate surface area is 116 Å². The van der Waals surface area contributed by atoms with Crippen LogP contribution in [0, 0.1) is 35.0 Å². The number of rotatable bonds is 5. The van der Waals surface area contributed by atoms with E-state index in [1.54, 1.807) is 0 Å². The van der Waals surface area contributed by atoms with E-state index >= 15 is 0 Å². The first-order valence-corrected chi connectivity index (χ1v) is 8.27. The minimum Gasteiger partial charge on any atom is -0.0651 e. The SMILES string of the molecule is CCC(CC(C)(C)C1CCC(C)CC1C)C(C)C. The van der Waals surface area contributed by atoms with Crippen LogP contribution in [0.4, 0.5) is 0 Å². The van der Waals surface area contributed by atoms with Crippen LogP contribution in [0.3, 0.4) is 0 Å². The van der Waals surface area contributed by atoms with Gasteiger partial charge in [-0.1, -0.05) is 61.3 Å². The van der Waals surface area contributed by atoms with Crippen LogP contribution in [0.5, 0.6) is 0 Å². The third-order valence-corrected chi connectivity index (χ3v) is 5.69. The van der Waals surface area contributed by atoms with Crippen molar-refractivity contribution in [2.24, 2.45) is 35.0 Å². The van der Waals surface area contributed by atoms with Crippen LogP contribution in [-0.4, -0.2) is 0 Å². The average Bonchev–Trinajstić information content (AvgIpc) is 2.24. The Bertz CT molecular complexity index is 238. The van der Waals surface area contributed by atoms with E-state index in [1.165, 1.54) is 32.1 Å². The van der Waals surface area contributed by atoms with Crippen LogP contribution < -0.4 is 0 Å². The molecule has 18 heavy (non-hydrogen) atoms. The molecule has 0 heterocycles. The van der Waals surface area contributed by atoms with Gasteiger partial charge >= 0.3 is 0 Å². The molecule has 0 aromatic carbocycles. The van der Waals surface area contributed by atoms with Crippen LogP contribution in [-0.2, 0) is 0 Å². The Morgan fingerprint density at radius 2 is 1.72 bits per heavy atom. The topological polar surface area (TPSA) is 0 Å². The Balaban J connectivity index is 2.67. The first-order chi connectivity index (χ1) is 8.27. The van der Waals surface area contributed by atoms with Crippen molar-refractivity contribution in [3.63, 3.8) is 0 Å². The minimum absolute atomic E-state index is 0.532. The molecule has 0 radical (unpaired) electrons. The van der Waals surface area contributed by atoms with Gasteiger partial charge in [-0.3, -0.25) is 0 Å². The molecule has 0 heteroatoms. The molecule has 1 fully saturated rings. The summed E-state index contributed by atoms with van der Waals surface area (Å²) in [6.07, 6.45) is 7.14. The average molecular weight is 252 g/mol. The molecule has 0 spiro atoms. The maximum Gasteiger partial charge on any atom is -0.0321 e. The summed E-state index contributed by atoms with van der Waals surface area (Å²) in [6, 6.07) is 0. The molecule has 0 aromatic rings. The molecule has 1 rings (SSSR count). The molecule has 4 unspecified atom stereocenters. The molecule has 108 valence electrons. The van der Waals surface area contributed by atoms with Gasteiger partial charge in [-0.2, -0.15) is 0 Å². The Hall–Kier alpha value is 0. The second-order valence-electron chi connectivity index (χ2n) is 8.11. The number of hydrogen-bond donors (Lipinski definition) is 0. The van der Waals surface area contributed by atoms with Crippen molar-refractivity contribution in [2.45, 2.75) is 80.6 Å². The highest BCUT2D eigenvalue weighted by Crippen LogP contribution is 2.47. The van der Waals surface area contributed by atoms with Crippen molar-refractivity contribution >= 4 is 0 Å². The molecule has 4 atom stereocenters. The van der Waals surface area contributed by atoms with Gasteiger partial charge in [-0.15, -0.1) is 0 Å². The summed E-state index contributed by atoms with van der Waals surface area (Å²) in [4.78, 5) is 0. The van der Waals surface area contributed by atoms with Crippen molar-refractivity contribution in [1.29, 1.82) is 0 Å². The standard InChI is InChI=1S/C18H36/c1-8-16(13(2)3)12-18(6,7)17-10-9-14(4)11-15(17)5/h13-17H,8-12H2,1-7H3. The zero-order valence-corrected chi connectivity index (χ0v) is 13.9. The molecule has 0 saturated heterocycles. The summed E-state index contributed by atoms with van der Waals surface area (Å²) in [7, 11) is 0. The fourth-order valence-corrected chi connectivity index (χ4v) is 4.50. The molecular weight excluding hydrogens is 216 g/mol. The highest BCUT2D eigenvalue weighted by Gasteiger charge is 2.38. The van der Waals surface area contributed by atoms with Crippen LogP contribution in [0.1, 0.15) is 80.6 Å². The molecule has 0 aromatic heterocycles. The first kappa shape index (κ1) is 16.1. The maximum atomic E-state index is 2.54. The molecular formula is C18H36. The lowest BCUT2D eigenvalue weighted by molar-refractivity contribution is 0.0519. The highest BCUT2D eigenvalue weighted by atomic mass is 14.4. The lowest BCUT2D eigenvalue weighted by Gasteiger charge is -2.45. The second-order valence-corrected chi connectivity index (χ2v) is 8.11. The van der Waals surface area contributed by atoms with Crippen molar-refractivity contribution in [3.8, 4) is 0 Å². The lowest BCUT2D eigenvalue weighted by atomic mass is 9.60. The zero-order valence-electron chi connectivity index (χ0n) is 13.9. The summed E-state index contributed by atoms with van der Waals surface area (Å²) in [5, 5.41) is 0. The quantitative estimate of drug-likeness (QED) is 0.550. The summed E-state index contributed by atoms with van der Waals surface area (Å²) in [5.74, 6) is 4.58. The number of hydrogen-bond acceptors (Lipinski definition) is 0. The first-order valence-electron chi connectivity index (χ1n) is 8.27. The largest absolute Gasteiger partial charge is 0.0651 e. The normalized spacial score (nSPS) is 31.7. The van der Waals surface area contributed by atoms with E-state index in [4.69, 9.17) is 0 Å².